The molecule has 1 aliphatic rings. The Labute approximate surface area is 169 Å². The van der Waals surface area contributed by atoms with Crippen LogP contribution in [0, 0.1) is 6.92 Å². The minimum atomic E-state index is 0.143. The third kappa shape index (κ3) is 4.09. The number of aromatic nitrogens is 1. The van der Waals surface area contributed by atoms with E-state index in [4.69, 9.17) is 4.74 Å². The summed E-state index contributed by atoms with van der Waals surface area (Å²) in [5.41, 5.74) is 6.69. The van der Waals surface area contributed by atoms with Gasteiger partial charge in [-0.25, -0.2) is 4.98 Å². The van der Waals surface area contributed by atoms with Crippen LogP contribution in [-0.2, 0) is 6.61 Å². The Balaban J connectivity index is 1.47. The first-order valence-corrected chi connectivity index (χ1v) is 10.7. The molecule has 0 saturated carbocycles. The summed E-state index contributed by atoms with van der Waals surface area (Å²) in [6.45, 7) is 4.25. The van der Waals surface area contributed by atoms with Crippen molar-refractivity contribution in [1.29, 1.82) is 0 Å². The number of carbonyl (C=O) groups excluding carboxylic acids is 1. The van der Waals surface area contributed by atoms with Gasteiger partial charge in [-0.1, -0.05) is 18.2 Å². The van der Waals surface area contributed by atoms with Crippen molar-refractivity contribution in [2.75, 3.05) is 13.1 Å². The Kier molecular flexibility index (Phi) is 5.72. The molecule has 0 aliphatic carbocycles. The Hall–Kier alpha value is -2.66. The van der Waals surface area contributed by atoms with Crippen LogP contribution in [0.4, 0.5) is 0 Å². The molecule has 0 atom stereocenters. The van der Waals surface area contributed by atoms with Gasteiger partial charge in [0.25, 0.3) is 5.91 Å². The molecule has 4 nitrogen and oxygen atoms in total. The van der Waals surface area contributed by atoms with E-state index >= 15 is 0 Å². The Morgan fingerprint density at radius 1 is 1.14 bits per heavy atom. The van der Waals surface area contributed by atoms with E-state index in [-0.39, 0.29) is 5.91 Å². The first-order valence-electron chi connectivity index (χ1n) is 9.71. The van der Waals surface area contributed by atoms with Crippen molar-refractivity contribution in [2.24, 2.45) is 0 Å². The Morgan fingerprint density at radius 2 is 1.96 bits per heavy atom. The van der Waals surface area contributed by atoms with Crippen molar-refractivity contribution in [1.82, 2.24) is 9.88 Å². The second kappa shape index (κ2) is 8.57. The van der Waals surface area contributed by atoms with Crippen LogP contribution in [0.2, 0.25) is 0 Å². The zero-order valence-corrected chi connectivity index (χ0v) is 16.9. The molecule has 0 spiro atoms. The summed E-state index contributed by atoms with van der Waals surface area (Å²) in [7, 11) is 0. The SMILES string of the molecule is Cc1cc(C(=O)N2CCCCC2)ccc1COc1ccccc1-c1cscn1. The lowest BCUT2D eigenvalue weighted by Gasteiger charge is -2.27. The van der Waals surface area contributed by atoms with Crippen molar-refractivity contribution in [3.8, 4) is 17.0 Å². The van der Waals surface area contributed by atoms with Crippen LogP contribution in [0.25, 0.3) is 11.3 Å². The lowest BCUT2D eigenvalue weighted by atomic mass is 10.0. The fourth-order valence-electron chi connectivity index (χ4n) is 3.58. The summed E-state index contributed by atoms with van der Waals surface area (Å²) in [5, 5.41) is 2.02. The molecule has 4 rings (SSSR count). The minimum Gasteiger partial charge on any atom is -0.488 e. The summed E-state index contributed by atoms with van der Waals surface area (Å²) < 4.78 is 6.11. The smallest absolute Gasteiger partial charge is 0.253 e. The summed E-state index contributed by atoms with van der Waals surface area (Å²) in [4.78, 5) is 19.1. The monoisotopic (exact) mass is 392 g/mol. The Morgan fingerprint density at radius 3 is 2.71 bits per heavy atom. The maximum Gasteiger partial charge on any atom is 0.253 e. The molecule has 0 N–H and O–H groups in total. The summed E-state index contributed by atoms with van der Waals surface area (Å²) in [6.07, 6.45) is 3.44. The van der Waals surface area contributed by atoms with E-state index in [9.17, 15) is 4.79 Å². The van der Waals surface area contributed by atoms with Gasteiger partial charge in [-0.3, -0.25) is 4.79 Å². The highest BCUT2D eigenvalue weighted by molar-refractivity contribution is 7.07. The molecule has 2 aromatic carbocycles. The quantitative estimate of drug-likeness (QED) is 0.590. The van der Waals surface area contributed by atoms with Gasteiger partial charge in [-0.05, 0) is 61.6 Å². The first kappa shape index (κ1) is 18.7. The molecule has 144 valence electrons. The van der Waals surface area contributed by atoms with E-state index in [2.05, 4.69) is 4.98 Å². The Bertz CT molecular complexity index is 947. The molecule has 0 bridgehead atoms. The van der Waals surface area contributed by atoms with Crippen molar-refractivity contribution in [3.63, 3.8) is 0 Å². The second-order valence-electron chi connectivity index (χ2n) is 7.15. The molecule has 0 unspecified atom stereocenters. The van der Waals surface area contributed by atoms with E-state index in [1.54, 1.807) is 11.3 Å². The molecular formula is C23H24N2O2S. The molecule has 28 heavy (non-hydrogen) atoms. The van der Waals surface area contributed by atoms with Gasteiger partial charge in [0.1, 0.15) is 12.4 Å². The number of rotatable bonds is 5. The van der Waals surface area contributed by atoms with Gasteiger partial charge < -0.3 is 9.64 Å². The molecule has 1 fully saturated rings. The maximum absolute atomic E-state index is 12.7. The standard InChI is InChI=1S/C23H24N2O2S/c1-17-13-18(23(26)25-11-5-2-6-12-25)9-10-19(17)14-27-22-8-4-3-7-20(22)21-15-28-16-24-21/h3-4,7-10,13,15-16H,2,5-6,11-12,14H2,1H3. The van der Waals surface area contributed by atoms with Gasteiger partial charge in [-0.15, -0.1) is 11.3 Å². The number of thiazole rings is 1. The highest BCUT2D eigenvalue weighted by atomic mass is 32.1. The van der Waals surface area contributed by atoms with Crippen molar-refractivity contribution in [2.45, 2.75) is 32.8 Å². The molecule has 1 aromatic heterocycles. The number of nitrogens with zero attached hydrogens (tertiary/aromatic N) is 2. The number of ether oxygens (including phenoxy) is 1. The van der Waals surface area contributed by atoms with Crippen molar-refractivity contribution < 1.29 is 9.53 Å². The van der Waals surface area contributed by atoms with Crippen LogP contribution in [0.3, 0.4) is 0 Å². The van der Waals surface area contributed by atoms with Gasteiger partial charge in [0.2, 0.25) is 0 Å². The van der Waals surface area contributed by atoms with Crippen LogP contribution in [0.15, 0.2) is 53.4 Å². The molecule has 0 radical (unpaired) electrons. The number of likely N-dealkylation sites (tertiary alicyclic amines) is 1. The summed E-state index contributed by atoms with van der Waals surface area (Å²) >= 11 is 1.57. The van der Waals surface area contributed by atoms with Crippen LogP contribution in [-0.4, -0.2) is 28.9 Å². The molecular weight excluding hydrogens is 368 g/mol. The maximum atomic E-state index is 12.7. The third-order valence-electron chi connectivity index (χ3n) is 5.21. The molecule has 5 heteroatoms. The lowest BCUT2D eigenvalue weighted by molar-refractivity contribution is 0.0724. The van der Waals surface area contributed by atoms with Crippen LogP contribution in [0.5, 0.6) is 5.75 Å². The fourth-order valence-corrected chi connectivity index (χ4v) is 4.13. The molecule has 1 amide bonds. The topological polar surface area (TPSA) is 42.4 Å². The van der Waals surface area contributed by atoms with Gasteiger partial charge in [0.15, 0.2) is 0 Å². The second-order valence-corrected chi connectivity index (χ2v) is 7.87. The molecule has 3 aromatic rings. The van der Waals surface area contributed by atoms with Crippen LogP contribution >= 0.6 is 11.3 Å². The van der Waals surface area contributed by atoms with E-state index in [0.29, 0.717) is 6.61 Å². The van der Waals surface area contributed by atoms with Crippen molar-refractivity contribution in [3.05, 3.63) is 70.0 Å². The average Bonchev–Trinajstić information content (AvgIpc) is 3.28. The number of carbonyl (C=O) groups is 1. The number of hydrogen-bond donors (Lipinski definition) is 0. The highest BCUT2D eigenvalue weighted by Crippen LogP contribution is 2.30. The summed E-state index contributed by atoms with van der Waals surface area (Å²) in [6, 6.07) is 13.9. The van der Waals surface area contributed by atoms with E-state index in [0.717, 1.165) is 59.6 Å². The van der Waals surface area contributed by atoms with Crippen LogP contribution < -0.4 is 4.74 Å². The normalized spacial score (nSPS) is 14.1. The zero-order chi connectivity index (χ0) is 19.3. The fraction of sp³-hybridized carbons (Fsp3) is 0.304. The van der Waals surface area contributed by atoms with E-state index < -0.39 is 0 Å². The van der Waals surface area contributed by atoms with Gasteiger partial charge in [0, 0.05) is 29.6 Å². The predicted octanol–water partition coefficient (Wildman–Crippen LogP) is 5.32. The first-order chi connectivity index (χ1) is 13.7. The molecule has 1 saturated heterocycles. The largest absolute Gasteiger partial charge is 0.488 e. The molecule has 2 heterocycles. The minimum absolute atomic E-state index is 0.143. The van der Waals surface area contributed by atoms with Gasteiger partial charge in [-0.2, -0.15) is 0 Å². The lowest BCUT2D eigenvalue weighted by Crippen LogP contribution is -2.35. The van der Waals surface area contributed by atoms with Crippen molar-refractivity contribution >= 4 is 17.2 Å². The number of amides is 1. The summed E-state index contributed by atoms with van der Waals surface area (Å²) in [5.74, 6) is 0.963. The number of para-hydroxylation sites is 1. The van der Waals surface area contributed by atoms with Gasteiger partial charge in [0.05, 0.1) is 11.2 Å². The highest BCUT2D eigenvalue weighted by Gasteiger charge is 2.18. The number of hydrogen-bond acceptors (Lipinski definition) is 4. The number of benzene rings is 2. The third-order valence-corrected chi connectivity index (χ3v) is 5.80. The van der Waals surface area contributed by atoms with Gasteiger partial charge >= 0.3 is 0 Å². The predicted molar refractivity (Wildman–Crippen MR) is 113 cm³/mol. The average molecular weight is 393 g/mol. The van der Waals surface area contributed by atoms with E-state index in [1.165, 1.54) is 6.42 Å². The zero-order valence-electron chi connectivity index (χ0n) is 16.1. The molecule has 1 aliphatic heterocycles. The van der Waals surface area contributed by atoms with Crippen LogP contribution in [0.1, 0.15) is 40.7 Å². The van der Waals surface area contributed by atoms with E-state index in [1.807, 2.05) is 65.2 Å². The number of piperidine rings is 1. The number of aryl methyl sites for hydroxylation is 1.